The number of nitrogens with zero attached hydrogens (tertiary/aromatic N) is 1. The predicted molar refractivity (Wildman–Crippen MR) is 117 cm³/mol. The van der Waals surface area contributed by atoms with Crippen LogP contribution in [0.3, 0.4) is 0 Å². The first-order valence-electron chi connectivity index (χ1n) is 11.3. The largest absolute Gasteiger partial charge is 0.496 e. The molecular weight excluding hydrogens is 378 g/mol. The SMILES string of the molecule is CCOC(=O)c1c(C2CCCCC2)c(C)n2c1-c1cc(OC)c(C(C)O)cc1CC2. The Morgan fingerprint density at radius 1 is 1.27 bits per heavy atom. The Labute approximate surface area is 179 Å². The van der Waals surface area contributed by atoms with Crippen molar-refractivity contribution in [1.29, 1.82) is 0 Å². The molecule has 162 valence electrons. The molecule has 0 bridgehead atoms. The minimum absolute atomic E-state index is 0.221. The number of aliphatic hydroxyl groups is 1. The van der Waals surface area contributed by atoms with Gasteiger partial charge in [-0.05, 0) is 69.2 Å². The molecule has 0 amide bonds. The zero-order valence-electron chi connectivity index (χ0n) is 18.6. The van der Waals surface area contributed by atoms with E-state index >= 15 is 0 Å². The second kappa shape index (κ2) is 8.46. The molecule has 1 aliphatic carbocycles. The molecule has 2 aromatic rings. The minimum Gasteiger partial charge on any atom is -0.496 e. The lowest BCUT2D eigenvalue weighted by Crippen LogP contribution is -2.15. The van der Waals surface area contributed by atoms with Gasteiger partial charge in [0.25, 0.3) is 0 Å². The molecule has 2 heterocycles. The van der Waals surface area contributed by atoms with Gasteiger partial charge in [-0.2, -0.15) is 0 Å². The van der Waals surface area contributed by atoms with Crippen LogP contribution in [-0.2, 0) is 17.7 Å². The molecule has 5 nitrogen and oxygen atoms in total. The summed E-state index contributed by atoms with van der Waals surface area (Å²) in [5.74, 6) is 0.852. The highest BCUT2D eigenvalue weighted by Gasteiger charge is 2.34. The van der Waals surface area contributed by atoms with Gasteiger partial charge in [0.1, 0.15) is 5.75 Å². The van der Waals surface area contributed by atoms with E-state index in [1.807, 2.05) is 19.1 Å². The number of ether oxygens (including phenoxy) is 2. The maximum Gasteiger partial charge on any atom is 0.340 e. The molecule has 1 saturated carbocycles. The predicted octanol–water partition coefficient (Wildman–Crippen LogP) is 5.31. The van der Waals surface area contributed by atoms with Crippen LogP contribution in [0.1, 0.15) is 90.7 Å². The van der Waals surface area contributed by atoms with Crippen LogP contribution in [0.15, 0.2) is 12.1 Å². The lowest BCUT2D eigenvalue weighted by molar-refractivity contribution is 0.0525. The fourth-order valence-electron chi connectivity index (χ4n) is 5.42. The Morgan fingerprint density at radius 3 is 2.63 bits per heavy atom. The van der Waals surface area contributed by atoms with Crippen molar-refractivity contribution in [3.8, 4) is 17.0 Å². The monoisotopic (exact) mass is 411 g/mol. The summed E-state index contributed by atoms with van der Waals surface area (Å²) < 4.78 is 13.5. The van der Waals surface area contributed by atoms with Crippen molar-refractivity contribution in [2.45, 2.75) is 77.9 Å². The van der Waals surface area contributed by atoms with Crippen molar-refractivity contribution in [1.82, 2.24) is 4.57 Å². The Hall–Kier alpha value is -2.27. The summed E-state index contributed by atoms with van der Waals surface area (Å²) in [5, 5.41) is 10.2. The molecule has 1 unspecified atom stereocenters. The number of aromatic nitrogens is 1. The Balaban J connectivity index is 1.95. The summed E-state index contributed by atoms with van der Waals surface area (Å²) in [5.41, 5.74) is 7.06. The smallest absolute Gasteiger partial charge is 0.340 e. The van der Waals surface area contributed by atoms with Crippen LogP contribution in [0.2, 0.25) is 0 Å². The first-order chi connectivity index (χ1) is 14.5. The molecular formula is C25H33NO4. The third kappa shape index (κ3) is 3.43. The number of hydrogen-bond donors (Lipinski definition) is 1. The van der Waals surface area contributed by atoms with Gasteiger partial charge in [0.05, 0.1) is 31.1 Å². The van der Waals surface area contributed by atoms with Gasteiger partial charge < -0.3 is 19.1 Å². The van der Waals surface area contributed by atoms with Gasteiger partial charge in [0, 0.05) is 23.4 Å². The van der Waals surface area contributed by atoms with E-state index in [9.17, 15) is 9.90 Å². The number of esters is 1. The zero-order valence-corrected chi connectivity index (χ0v) is 18.6. The highest BCUT2D eigenvalue weighted by Crippen LogP contribution is 2.46. The van der Waals surface area contributed by atoms with Gasteiger partial charge in [-0.1, -0.05) is 19.3 Å². The van der Waals surface area contributed by atoms with Crippen LogP contribution in [0, 0.1) is 6.92 Å². The third-order valence-corrected chi connectivity index (χ3v) is 6.83. The lowest BCUT2D eigenvalue weighted by atomic mass is 9.81. The highest BCUT2D eigenvalue weighted by atomic mass is 16.5. The number of carbonyl (C=O) groups is 1. The maximum absolute atomic E-state index is 13.2. The molecule has 1 N–H and O–H groups in total. The topological polar surface area (TPSA) is 60.7 Å². The van der Waals surface area contributed by atoms with E-state index in [1.54, 1.807) is 14.0 Å². The summed E-state index contributed by atoms with van der Waals surface area (Å²) in [4.78, 5) is 13.2. The normalized spacial score (nSPS) is 17.2. The van der Waals surface area contributed by atoms with Crippen LogP contribution in [0.4, 0.5) is 0 Å². The number of benzene rings is 1. The highest BCUT2D eigenvalue weighted by molar-refractivity contribution is 6.00. The van der Waals surface area contributed by atoms with Gasteiger partial charge in [-0.25, -0.2) is 4.79 Å². The van der Waals surface area contributed by atoms with Crippen LogP contribution < -0.4 is 4.74 Å². The van der Waals surface area contributed by atoms with Crippen molar-refractivity contribution in [3.05, 3.63) is 40.1 Å². The Bertz CT molecular complexity index is 951. The minimum atomic E-state index is -0.608. The van der Waals surface area contributed by atoms with Crippen molar-refractivity contribution in [2.75, 3.05) is 13.7 Å². The van der Waals surface area contributed by atoms with Gasteiger partial charge >= 0.3 is 5.97 Å². The second-order valence-electron chi connectivity index (χ2n) is 8.61. The standard InChI is InChI=1S/C25H33NO4/c1-5-30-25(28)23-22(17-9-7-6-8-10-17)15(2)26-12-11-18-13-19(16(3)27)21(29-4)14-20(18)24(23)26/h13-14,16-17,27H,5-12H2,1-4H3. The Kier molecular flexibility index (Phi) is 5.92. The average Bonchev–Trinajstić information content (AvgIpc) is 3.06. The van der Waals surface area contributed by atoms with Crippen molar-refractivity contribution >= 4 is 5.97 Å². The molecule has 0 radical (unpaired) electrons. The van der Waals surface area contributed by atoms with Crippen LogP contribution in [0.25, 0.3) is 11.3 Å². The number of rotatable bonds is 5. The number of aliphatic hydroxyl groups excluding tert-OH is 1. The zero-order chi connectivity index (χ0) is 21.4. The number of fused-ring (bicyclic) bond motifs is 3. The van der Waals surface area contributed by atoms with Crippen LogP contribution >= 0.6 is 0 Å². The van der Waals surface area contributed by atoms with E-state index in [0.717, 1.165) is 53.8 Å². The number of hydrogen-bond acceptors (Lipinski definition) is 4. The van der Waals surface area contributed by atoms with Crippen LogP contribution in [-0.4, -0.2) is 29.4 Å². The summed E-state index contributed by atoms with van der Waals surface area (Å²) >= 11 is 0. The van der Waals surface area contributed by atoms with Crippen molar-refractivity contribution < 1.29 is 19.4 Å². The summed E-state index contributed by atoms with van der Waals surface area (Å²) in [6, 6.07) is 4.04. The average molecular weight is 412 g/mol. The molecule has 2 aliphatic rings. The fraction of sp³-hybridized carbons (Fsp3) is 0.560. The van der Waals surface area contributed by atoms with E-state index in [0.29, 0.717) is 18.3 Å². The summed E-state index contributed by atoms with van der Waals surface area (Å²) in [7, 11) is 1.63. The first-order valence-corrected chi connectivity index (χ1v) is 11.3. The van der Waals surface area contributed by atoms with E-state index in [1.165, 1.54) is 30.5 Å². The summed E-state index contributed by atoms with van der Waals surface area (Å²) in [6.07, 6.45) is 6.24. The number of aryl methyl sites for hydroxylation is 1. The molecule has 1 aliphatic heterocycles. The maximum atomic E-state index is 13.2. The van der Waals surface area contributed by atoms with E-state index < -0.39 is 6.10 Å². The summed E-state index contributed by atoms with van der Waals surface area (Å²) in [6.45, 7) is 6.97. The fourth-order valence-corrected chi connectivity index (χ4v) is 5.42. The molecule has 5 heteroatoms. The number of methoxy groups -OCH3 is 1. The van der Waals surface area contributed by atoms with Crippen LogP contribution in [0.5, 0.6) is 5.75 Å². The van der Waals surface area contributed by atoms with Gasteiger partial charge in [-0.3, -0.25) is 0 Å². The van der Waals surface area contributed by atoms with Gasteiger partial charge in [0.2, 0.25) is 0 Å². The number of carbonyl (C=O) groups excluding carboxylic acids is 1. The van der Waals surface area contributed by atoms with E-state index in [2.05, 4.69) is 11.5 Å². The third-order valence-electron chi connectivity index (χ3n) is 6.83. The van der Waals surface area contributed by atoms with Crippen molar-refractivity contribution in [3.63, 3.8) is 0 Å². The molecule has 30 heavy (non-hydrogen) atoms. The molecule has 1 aromatic heterocycles. The van der Waals surface area contributed by atoms with Gasteiger partial charge in [-0.15, -0.1) is 0 Å². The molecule has 1 atom stereocenters. The van der Waals surface area contributed by atoms with Gasteiger partial charge in [0.15, 0.2) is 0 Å². The first kappa shape index (κ1) is 21.0. The molecule has 0 saturated heterocycles. The Morgan fingerprint density at radius 2 is 2.00 bits per heavy atom. The quantitative estimate of drug-likeness (QED) is 0.678. The molecule has 1 aromatic carbocycles. The lowest BCUT2D eigenvalue weighted by Gasteiger charge is -2.24. The van der Waals surface area contributed by atoms with E-state index in [4.69, 9.17) is 9.47 Å². The molecule has 1 fully saturated rings. The molecule has 4 rings (SSSR count). The van der Waals surface area contributed by atoms with E-state index in [-0.39, 0.29) is 5.97 Å². The molecule has 0 spiro atoms. The van der Waals surface area contributed by atoms with Crippen molar-refractivity contribution in [2.24, 2.45) is 0 Å². The second-order valence-corrected chi connectivity index (χ2v) is 8.61.